The molecule has 0 aromatic carbocycles. The van der Waals surface area contributed by atoms with E-state index in [1.54, 1.807) is 0 Å². The minimum Gasteiger partial charge on any atom is -0.450 e. The summed E-state index contributed by atoms with van der Waals surface area (Å²) in [7, 11) is -4.41. The van der Waals surface area contributed by atoms with Gasteiger partial charge in [0.05, 0.1) is 0 Å². The monoisotopic (exact) mass is 176 g/mol. The lowest BCUT2D eigenvalue weighted by Crippen LogP contribution is -1.82. The Morgan fingerprint density at radius 2 is 1.44 bits per heavy atom. The van der Waals surface area contributed by atoms with E-state index in [1.165, 1.54) is 0 Å². The van der Waals surface area contributed by atoms with Crippen molar-refractivity contribution in [2.45, 2.75) is 0 Å². The number of hydrogen-bond acceptors (Lipinski definition) is 3. The van der Waals surface area contributed by atoms with Crippen molar-refractivity contribution in [2.24, 2.45) is 0 Å². The van der Waals surface area contributed by atoms with Crippen LogP contribution in [0.5, 0.6) is 0 Å². The van der Waals surface area contributed by atoms with Gasteiger partial charge in [-0.3, -0.25) is 0 Å². The average Bonchev–Trinajstić information content (AvgIpc) is 1.19. The molecule has 2 N–H and O–H groups in total. The zero-order valence-corrected chi connectivity index (χ0v) is 7.22. The Morgan fingerprint density at radius 1 is 1.44 bits per heavy atom. The Bertz CT molecular complexity index is 159. The summed E-state index contributed by atoms with van der Waals surface area (Å²) in [5.41, 5.74) is 0. The molecule has 0 aromatic heterocycles. The largest absolute Gasteiger partial charge is 0.503 e. The lowest BCUT2D eigenvalue weighted by atomic mass is 11.5. The van der Waals surface area contributed by atoms with Gasteiger partial charge < -0.3 is 10.2 Å². The molecule has 0 aliphatic carbocycles. The van der Waals surface area contributed by atoms with E-state index in [9.17, 15) is 3.89 Å². The van der Waals surface area contributed by atoms with Crippen molar-refractivity contribution in [3.05, 3.63) is 0 Å². The van der Waals surface area contributed by atoms with Gasteiger partial charge in [0.1, 0.15) is 0 Å². The highest BCUT2D eigenvalue weighted by molar-refractivity contribution is 8.08. The highest BCUT2D eigenvalue weighted by Crippen LogP contribution is 1.73. The first kappa shape index (κ1) is 11.2. The second-order valence-electron chi connectivity index (χ2n) is 0.964. The van der Waals surface area contributed by atoms with Crippen molar-refractivity contribution in [1.29, 1.82) is 0 Å². The molecule has 0 atom stereocenters. The maximum absolute atomic E-state index is 10.7. The molecular weight excluding hydrogens is 171 g/mol. The Hall–Kier alpha value is -0.633. The average molecular weight is 176 g/mol. The Kier molecular flexibility index (Phi) is 5.31. The van der Waals surface area contributed by atoms with Crippen LogP contribution in [-0.2, 0) is 9.67 Å². The Labute approximate surface area is 53.4 Å². The third-order valence-corrected chi connectivity index (χ3v) is 0. The van der Waals surface area contributed by atoms with Gasteiger partial charge in [0.15, 0.2) is 9.39 Å². The normalized spacial score (nSPS) is 9.44. The maximum Gasteiger partial charge on any atom is 0.503 e. The van der Waals surface area contributed by atoms with Crippen molar-refractivity contribution in [2.75, 3.05) is 0 Å². The fourth-order valence-corrected chi connectivity index (χ4v) is 0. The minimum absolute atomic E-state index is 0.387. The van der Waals surface area contributed by atoms with Crippen LogP contribution in [0.4, 0.5) is 8.68 Å². The van der Waals surface area contributed by atoms with Gasteiger partial charge in [0.2, 0.25) is 0 Å². The molecular formula is CH5FO5SSi. The summed E-state index contributed by atoms with van der Waals surface area (Å²) < 4.78 is 28.8. The second kappa shape index (κ2) is 4.27. The quantitative estimate of drug-likeness (QED) is 0.357. The molecule has 8 heteroatoms. The molecule has 5 nitrogen and oxygen atoms in total. The topological polar surface area (TPSA) is 91.7 Å². The highest BCUT2D eigenvalue weighted by atomic mass is 32.4. The maximum atomic E-state index is 10.7. The summed E-state index contributed by atoms with van der Waals surface area (Å²) in [6, 6.07) is 0. The van der Waals surface area contributed by atoms with Gasteiger partial charge in [-0.1, -0.05) is 0 Å². The van der Waals surface area contributed by atoms with Crippen LogP contribution >= 0.6 is 0 Å². The van der Waals surface area contributed by atoms with E-state index in [1.807, 2.05) is 0 Å². The summed E-state index contributed by atoms with van der Waals surface area (Å²) in [4.78, 5) is 8.56. The van der Waals surface area contributed by atoms with Crippen molar-refractivity contribution in [3.8, 4) is 0 Å². The fourth-order valence-electron chi connectivity index (χ4n) is 0. The molecule has 9 heavy (non-hydrogen) atoms. The molecule has 0 unspecified atom stereocenters. The molecule has 0 heterocycles. The minimum atomic E-state index is -4.03. The zero-order chi connectivity index (χ0) is 8.08. The standard InChI is InChI=1S/CH2O3.FH3O2SSi/c2-1(3)4;1-4(2,3)5/h(H2,2,3,4);5H3. The van der Waals surface area contributed by atoms with Crippen molar-refractivity contribution in [1.82, 2.24) is 0 Å². The molecule has 0 radical (unpaired) electrons. The van der Waals surface area contributed by atoms with Crippen molar-refractivity contribution in [3.63, 3.8) is 0 Å². The molecule has 0 spiro atoms. The Morgan fingerprint density at radius 3 is 1.44 bits per heavy atom. The van der Waals surface area contributed by atoms with E-state index in [2.05, 4.69) is 0 Å². The predicted molar refractivity (Wildman–Crippen MR) is 30.6 cm³/mol. The Balaban J connectivity index is 0. The number of halogens is 1. The van der Waals surface area contributed by atoms with Crippen LogP contribution in [0.2, 0.25) is 0 Å². The van der Waals surface area contributed by atoms with E-state index >= 15 is 0 Å². The fraction of sp³-hybridized carbons (Fsp3) is 0. The molecule has 0 aromatic rings. The van der Waals surface area contributed by atoms with E-state index in [4.69, 9.17) is 23.4 Å². The third kappa shape index (κ3) is 529. The number of carboxylic acid groups (broad SMARTS) is 2. The van der Waals surface area contributed by atoms with Gasteiger partial charge >= 0.3 is 6.16 Å². The molecule has 0 rings (SSSR count). The van der Waals surface area contributed by atoms with Crippen LogP contribution in [0.3, 0.4) is 0 Å². The van der Waals surface area contributed by atoms with Crippen molar-refractivity contribution >= 4 is 25.2 Å². The highest BCUT2D eigenvalue weighted by Gasteiger charge is 1.85. The van der Waals surface area contributed by atoms with Crippen LogP contribution < -0.4 is 0 Å². The molecule has 0 saturated heterocycles. The van der Waals surface area contributed by atoms with E-state index < -0.39 is 15.8 Å². The van der Waals surface area contributed by atoms with Crippen LogP contribution in [-0.4, -0.2) is 34.2 Å². The SMILES string of the molecule is O=C(O)O.O=S(=O)(F)[SiH3]. The van der Waals surface area contributed by atoms with Gasteiger partial charge in [-0.05, 0) is 0 Å². The second-order valence-corrected chi connectivity index (χ2v) is 5.25. The molecule has 0 bridgehead atoms. The zero-order valence-electron chi connectivity index (χ0n) is 4.41. The smallest absolute Gasteiger partial charge is 0.450 e. The first-order valence-electron chi connectivity index (χ1n) is 1.55. The first-order valence-corrected chi connectivity index (χ1v) is 5.79. The van der Waals surface area contributed by atoms with Crippen molar-refractivity contribution < 1.29 is 27.3 Å². The van der Waals surface area contributed by atoms with E-state index in [0.29, 0.717) is 0 Å². The van der Waals surface area contributed by atoms with Crippen LogP contribution in [0, 0.1) is 0 Å². The van der Waals surface area contributed by atoms with Gasteiger partial charge in [0.25, 0.3) is 9.67 Å². The summed E-state index contributed by atoms with van der Waals surface area (Å²) >= 11 is 0. The van der Waals surface area contributed by atoms with E-state index in [0.717, 1.165) is 0 Å². The number of rotatable bonds is 0. The summed E-state index contributed by atoms with van der Waals surface area (Å²) in [6.07, 6.45) is -1.83. The van der Waals surface area contributed by atoms with Crippen LogP contribution in [0.25, 0.3) is 0 Å². The molecule has 0 aliphatic heterocycles. The molecule has 0 amide bonds. The molecule has 0 saturated carbocycles. The van der Waals surface area contributed by atoms with Gasteiger partial charge in [0, 0.05) is 0 Å². The molecule has 0 aliphatic rings. The molecule has 56 valence electrons. The summed E-state index contributed by atoms with van der Waals surface area (Å²) in [6.45, 7) is 0. The number of carbonyl (C=O) groups is 1. The van der Waals surface area contributed by atoms with Gasteiger partial charge in [-0.2, -0.15) is 0 Å². The predicted octanol–water partition coefficient (Wildman–Crippen LogP) is -1.21. The lowest BCUT2D eigenvalue weighted by Gasteiger charge is -1.64. The van der Waals surface area contributed by atoms with Crippen LogP contribution in [0.1, 0.15) is 0 Å². The van der Waals surface area contributed by atoms with Gasteiger partial charge in [-0.25, -0.2) is 13.2 Å². The molecule has 0 fully saturated rings. The third-order valence-electron chi connectivity index (χ3n) is 0. The van der Waals surface area contributed by atoms with Crippen LogP contribution in [0.15, 0.2) is 0 Å². The summed E-state index contributed by atoms with van der Waals surface area (Å²) in [5.74, 6) is 0. The number of hydrogen-bond donors (Lipinski definition) is 2. The lowest BCUT2D eigenvalue weighted by molar-refractivity contribution is 0.137. The summed E-state index contributed by atoms with van der Waals surface area (Å²) in [5, 5.41) is 13.9. The first-order chi connectivity index (χ1) is 3.73. The van der Waals surface area contributed by atoms with Gasteiger partial charge in [-0.15, -0.1) is 3.89 Å². The van der Waals surface area contributed by atoms with E-state index in [-0.39, 0.29) is 9.39 Å².